The number of aromatic hydroxyl groups is 1. The lowest BCUT2D eigenvalue weighted by Crippen LogP contribution is -2.61. The molecule has 2 aliphatic rings. The summed E-state index contributed by atoms with van der Waals surface area (Å²) in [7, 11) is 1.19. The molecule has 1 aromatic heterocycles. The predicted molar refractivity (Wildman–Crippen MR) is 112 cm³/mol. The van der Waals surface area contributed by atoms with Gasteiger partial charge in [0, 0.05) is 17.7 Å². The Morgan fingerprint density at radius 1 is 1.12 bits per heavy atom. The summed E-state index contributed by atoms with van der Waals surface area (Å²) in [6, 6.07) is 2.46. The lowest BCUT2D eigenvalue weighted by Gasteiger charge is -2.38. The largest absolute Gasteiger partial charge is 0.504 e. The molecule has 2 aromatic rings. The number of phenols is 1. The van der Waals surface area contributed by atoms with Gasteiger partial charge in [0.05, 0.1) is 7.11 Å². The Kier molecular flexibility index (Phi) is 6.13. The van der Waals surface area contributed by atoms with Crippen molar-refractivity contribution in [2.45, 2.75) is 43.5 Å². The Morgan fingerprint density at radius 3 is 2.52 bits per heavy atom. The van der Waals surface area contributed by atoms with Gasteiger partial charge in [-0.15, -0.1) is 0 Å². The fourth-order valence-electron chi connectivity index (χ4n) is 3.76. The number of hydrogen-bond donors (Lipinski definition) is 5. The van der Waals surface area contributed by atoms with E-state index in [2.05, 4.69) is 0 Å². The minimum atomic E-state index is -1.90. The molecular formula is C22H22O11. The molecule has 0 spiro atoms. The molecule has 1 aliphatic carbocycles. The Morgan fingerprint density at radius 2 is 1.88 bits per heavy atom. The van der Waals surface area contributed by atoms with Crippen LogP contribution in [-0.4, -0.2) is 69.3 Å². The van der Waals surface area contributed by atoms with Crippen molar-refractivity contribution in [3.8, 4) is 17.2 Å². The molecule has 5 N–H and O–H groups in total. The van der Waals surface area contributed by atoms with Gasteiger partial charge >= 0.3 is 5.97 Å². The minimum Gasteiger partial charge on any atom is -0.504 e. The number of phenolic OH excluding ortho intramolecular Hbond substituents is 1. The van der Waals surface area contributed by atoms with E-state index < -0.39 is 47.9 Å². The molecule has 1 fully saturated rings. The zero-order valence-electron chi connectivity index (χ0n) is 17.4. The van der Waals surface area contributed by atoms with Gasteiger partial charge in [0.15, 0.2) is 23.0 Å². The van der Waals surface area contributed by atoms with E-state index in [1.165, 1.54) is 19.2 Å². The van der Waals surface area contributed by atoms with Crippen LogP contribution < -0.4 is 14.9 Å². The fraction of sp³-hybridized carbons (Fsp3) is 0.364. The van der Waals surface area contributed by atoms with Crippen LogP contribution in [0.15, 0.2) is 39.6 Å². The van der Waals surface area contributed by atoms with E-state index in [1.54, 1.807) is 6.08 Å². The van der Waals surface area contributed by atoms with E-state index >= 15 is 0 Å². The first-order valence-corrected chi connectivity index (χ1v) is 10.1. The van der Waals surface area contributed by atoms with Crippen LogP contribution in [-0.2, 0) is 9.53 Å². The highest BCUT2D eigenvalue weighted by molar-refractivity contribution is 5.89. The van der Waals surface area contributed by atoms with Gasteiger partial charge in [-0.2, -0.15) is 0 Å². The van der Waals surface area contributed by atoms with Crippen molar-refractivity contribution in [3.63, 3.8) is 0 Å². The molecule has 11 nitrogen and oxygen atoms in total. The van der Waals surface area contributed by atoms with Gasteiger partial charge in [-0.1, -0.05) is 18.2 Å². The highest BCUT2D eigenvalue weighted by atomic mass is 16.7. The average molecular weight is 462 g/mol. The van der Waals surface area contributed by atoms with Crippen molar-refractivity contribution < 1.29 is 49.0 Å². The van der Waals surface area contributed by atoms with E-state index in [1.807, 2.05) is 12.2 Å². The number of allylic oxidation sites excluding steroid dienone is 4. The standard InChI is InChI=1S/C22H22O11/c1-30-19-13(32-22-18(27)16(25)17(26)20(33-22)21(28)29)8-12-14(15(19)24)10(23)7-11(31-12)9-5-3-2-4-6-9/h3,5-8,16-18,20,22,24-27H,2,4H2,1H3,(H,28,29). The number of rotatable bonds is 5. The topological polar surface area (TPSA) is 176 Å². The molecule has 4 rings (SSSR count). The highest BCUT2D eigenvalue weighted by Gasteiger charge is 2.48. The average Bonchev–Trinajstić information content (AvgIpc) is 2.79. The van der Waals surface area contributed by atoms with Gasteiger partial charge in [0.1, 0.15) is 35.0 Å². The quantitative estimate of drug-likeness (QED) is 0.418. The van der Waals surface area contributed by atoms with Crippen LogP contribution in [0.1, 0.15) is 18.6 Å². The second kappa shape index (κ2) is 8.87. The number of carboxylic acids is 1. The van der Waals surface area contributed by atoms with Gasteiger partial charge in [0.25, 0.3) is 0 Å². The van der Waals surface area contributed by atoms with Crippen LogP contribution in [0.3, 0.4) is 0 Å². The summed E-state index contributed by atoms with van der Waals surface area (Å²) in [5, 5.41) is 49.8. The van der Waals surface area contributed by atoms with Crippen molar-refractivity contribution in [2.24, 2.45) is 0 Å². The van der Waals surface area contributed by atoms with E-state index in [4.69, 9.17) is 18.6 Å². The van der Waals surface area contributed by atoms with E-state index in [0.29, 0.717) is 5.57 Å². The monoisotopic (exact) mass is 462 g/mol. The molecule has 1 aromatic carbocycles. The maximum Gasteiger partial charge on any atom is 0.335 e. The van der Waals surface area contributed by atoms with Gasteiger partial charge in [-0.3, -0.25) is 4.79 Å². The van der Waals surface area contributed by atoms with Crippen LogP contribution in [0.25, 0.3) is 16.5 Å². The van der Waals surface area contributed by atoms with Gasteiger partial charge < -0.3 is 44.2 Å². The first kappa shape index (κ1) is 22.8. The molecule has 11 heteroatoms. The van der Waals surface area contributed by atoms with Gasteiger partial charge in [-0.05, 0) is 12.8 Å². The van der Waals surface area contributed by atoms with Crippen LogP contribution >= 0.6 is 0 Å². The number of hydrogen-bond acceptors (Lipinski definition) is 10. The highest BCUT2D eigenvalue weighted by Crippen LogP contribution is 2.43. The van der Waals surface area contributed by atoms with Crippen molar-refractivity contribution in [3.05, 3.63) is 46.3 Å². The maximum atomic E-state index is 12.7. The number of aliphatic carboxylic acids is 1. The minimum absolute atomic E-state index is 0.0636. The Bertz CT molecular complexity index is 1200. The Hall–Kier alpha value is -3.38. The third-order valence-electron chi connectivity index (χ3n) is 5.45. The number of aliphatic hydroxyl groups excluding tert-OH is 3. The first-order chi connectivity index (χ1) is 15.7. The first-order valence-electron chi connectivity index (χ1n) is 10.1. The summed E-state index contributed by atoms with van der Waals surface area (Å²) in [4.78, 5) is 24.1. The number of ether oxygens (including phenoxy) is 3. The number of benzene rings is 1. The lowest BCUT2D eigenvalue weighted by molar-refractivity contribution is -0.271. The molecule has 33 heavy (non-hydrogen) atoms. The van der Waals surface area contributed by atoms with E-state index in [9.17, 15) is 35.1 Å². The van der Waals surface area contributed by atoms with Gasteiger partial charge in [-0.25, -0.2) is 4.79 Å². The Labute approximate surface area is 186 Å². The second-order valence-electron chi connectivity index (χ2n) is 7.60. The smallest absolute Gasteiger partial charge is 0.335 e. The van der Waals surface area contributed by atoms with E-state index in [-0.39, 0.29) is 28.2 Å². The zero-order valence-corrected chi connectivity index (χ0v) is 17.4. The third kappa shape index (κ3) is 4.07. The van der Waals surface area contributed by atoms with Crippen molar-refractivity contribution in [2.75, 3.05) is 7.11 Å². The fourth-order valence-corrected chi connectivity index (χ4v) is 3.76. The number of carboxylic acid groups (broad SMARTS) is 1. The normalized spacial score (nSPS) is 27.3. The number of carbonyl (C=O) groups is 1. The molecule has 5 unspecified atom stereocenters. The van der Waals surface area contributed by atoms with Crippen LogP contribution in [0.5, 0.6) is 17.2 Å². The zero-order chi connectivity index (χ0) is 23.9. The van der Waals surface area contributed by atoms with Crippen molar-refractivity contribution >= 4 is 22.5 Å². The third-order valence-corrected chi connectivity index (χ3v) is 5.45. The molecule has 2 heterocycles. The molecule has 176 valence electrons. The molecule has 1 aliphatic heterocycles. The van der Waals surface area contributed by atoms with Crippen molar-refractivity contribution in [1.29, 1.82) is 0 Å². The molecule has 0 radical (unpaired) electrons. The number of methoxy groups -OCH3 is 1. The number of aliphatic hydroxyl groups is 3. The van der Waals surface area contributed by atoms with Crippen LogP contribution in [0.4, 0.5) is 0 Å². The summed E-state index contributed by atoms with van der Waals surface area (Å²) >= 11 is 0. The summed E-state index contributed by atoms with van der Waals surface area (Å²) in [6.45, 7) is 0. The SMILES string of the molecule is COc1c(OC2OC(C(=O)O)C(O)C(O)C2O)cc2oc(C3=CCCC=C3)cc(=O)c2c1O. The van der Waals surface area contributed by atoms with Gasteiger partial charge in [0.2, 0.25) is 12.0 Å². The van der Waals surface area contributed by atoms with E-state index in [0.717, 1.165) is 12.8 Å². The van der Waals surface area contributed by atoms with Crippen molar-refractivity contribution in [1.82, 2.24) is 0 Å². The molecule has 5 atom stereocenters. The summed E-state index contributed by atoms with van der Waals surface area (Å²) in [6.07, 6.45) is -2.01. The van der Waals surface area contributed by atoms with Crippen LogP contribution in [0, 0.1) is 0 Å². The molecule has 1 saturated heterocycles. The predicted octanol–water partition coefficient (Wildman–Crippen LogP) is 0.512. The van der Waals surface area contributed by atoms with Crippen LogP contribution in [0.2, 0.25) is 0 Å². The summed E-state index contributed by atoms with van der Waals surface area (Å²) in [5.74, 6) is -2.48. The molecule has 0 saturated carbocycles. The molecule has 0 bridgehead atoms. The number of fused-ring (bicyclic) bond motifs is 1. The molecular weight excluding hydrogens is 440 g/mol. The lowest BCUT2D eigenvalue weighted by atomic mass is 9.99. The Balaban J connectivity index is 1.78. The second-order valence-corrected chi connectivity index (χ2v) is 7.60. The maximum absolute atomic E-state index is 12.7. The molecule has 0 amide bonds. The summed E-state index contributed by atoms with van der Waals surface area (Å²) in [5.41, 5.74) is 0.0868. The summed E-state index contributed by atoms with van der Waals surface area (Å²) < 4.78 is 21.6.